The molecule has 1 aromatic heterocycles. The van der Waals surface area contributed by atoms with Gasteiger partial charge in [-0.15, -0.1) is 0 Å². The molecule has 0 saturated heterocycles. The Bertz CT molecular complexity index is 1100. The molecule has 5 nitrogen and oxygen atoms in total. The molecule has 4 aromatic rings. The first-order valence-corrected chi connectivity index (χ1v) is 7.33. The average Bonchev–Trinajstić information content (AvgIpc) is 2.97. The van der Waals surface area contributed by atoms with Crippen molar-refractivity contribution in [2.24, 2.45) is 4.99 Å². The normalized spacial score (nSPS) is 11.7. The van der Waals surface area contributed by atoms with Crippen molar-refractivity contribution in [3.8, 4) is 17.2 Å². The number of para-hydroxylation sites is 1. The predicted octanol–water partition coefficient (Wildman–Crippen LogP) is 4.45. The smallest absolute Gasteiger partial charge is 0.200 e. The van der Waals surface area contributed by atoms with Crippen LogP contribution in [0.3, 0.4) is 0 Å². The Balaban J connectivity index is 1.77. The number of aromatic hydroxyl groups is 3. The van der Waals surface area contributed by atoms with E-state index in [9.17, 15) is 15.3 Å². The van der Waals surface area contributed by atoms with Crippen LogP contribution in [0.15, 0.2) is 64.0 Å². The van der Waals surface area contributed by atoms with E-state index in [2.05, 4.69) is 4.99 Å². The van der Waals surface area contributed by atoms with Crippen LogP contribution in [0.25, 0.3) is 21.9 Å². The van der Waals surface area contributed by atoms with Crippen LogP contribution in [0.1, 0.15) is 5.56 Å². The number of phenolic OH excluding ortho intramolecular Hbond substituents is 3. The summed E-state index contributed by atoms with van der Waals surface area (Å²) in [7, 11) is 0. The Kier molecular flexibility index (Phi) is 3.13. The van der Waals surface area contributed by atoms with Gasteiger partial charge in [-0.2, -0.15) is 0 Å². The minimum atomic E-state index is -0.560. The van der Waals surface area contributed by atoms with Crippen molar-refractivity contribution in [1.82, 2.24) is 0 Å². The summed E-state index contributed by atoms with van der Waals surface area (Å²) in [6.07, 6.45) is 1.43. The quantitative estimate of drug-likeness (QED) is 0.376. The van der Waals surface area contributed by atoms with E-state index in [4.69, 9.17) is 4.42 Å². The highest BCUT2D eigenvalue weighted by molar-refractivity contribution is 6.06. The van der Waals surface area contributed by atoms with Crippen molar-refractivity contribution >= 4 is 33.8 Å². The van der Waals surface area contributed by atoms with Crippen LogP contribution in [0.4, 0.5) is 5.69 Å². The summed E-state index contributed by atoms with van der Waals surface area (Å²) >= 11 is 0. The van der Waals surface area contributed by atoms with Crippen molar-refractivity contribution < 1.29 is 19.7 Å². The molecule has 0 unspecified atom stereocenters. The second-order valence-corrected chi connectivity index (χ2v) is 5.41. The number of furan rings is 1. The van der Waals surface area contributed by atoms with Gasteiger partial charge >= 0.3 is 0 Å². The van der Waals surface area contributed by atoms with Crippen molar-refractivity contribution in [2.45, 2.75) is 0 Å². The zero-order valence-corrected chi connectivity index (χ0v) is 12.5. The molecule has 0 bridgehead atoms. The summed E-state index contributed by atoms with van der Waals surface area (Å²) in [6, 6.07) is 16.1. The van der Waals surface area contributed by atoms with E-state index in [1.165, 1.54) is 18.3 Å². The highest BCUT2D eigenvalue weighted by atomic mass is 16.3. The van der Waals surface area contributed by atoms with E-state index in [-0.39, 0.29) is 5.75 Å². The van der Waals surface area contributed by atoms with Gasteiger partial charge in [0.15, 0.2) is 11.5 Å². The number of rotatable bonds is 2. The molecule has 5 heteroatoms. The second kappa shape index (κ2) is 5.31. The topological polar surface area (TPSA) is 86.2 Å². The minimum absolute atomic E-state index is 0.308. The van der Waals surface area contributed by atoms with Gasteiger partial charge in [-0.05, 0) is 36.4 Å². The first-order chi connectivity index (χ1) is 11.6. The summed E-state index contributed by atoms with van der Waals surface area (Å²) in [5.74, 6) is -1.35. The Hall–Kier alpha value is -3.47. The molecular formula is C19H13NO4. The van der Waals surface area contributed by atoms with Crippen LogP contribution in [0.5, 0.6) is 17.2 Å². The first kappa shape index (κ1) is 14.1. The van der Waals surface area contributed by atoms with Crippen LogP contribution in [-0.4, -0.2) is 21.5 Å². The lowest BCUT2D eigenvalue weighted by Gasteiger charge is -2.03. The fraction of sp³-hybridized carbons (Fsp3) is 0. The lowest BCUT2D eigenvalue weighted by Crippen LogP contribution is -1.83. The van der Waals surface area contributed by atoms with E-state index < -0.39 is 11.5 Å². The third kappa shape index (κ3) is 2.23. The zero-order valence-electron chi connectivity index (χ0n) is 12.5. The van der Waals surface area contributed by atoms with E-state index in [1.54, 1.807) is 6.07 Å². The summed E-state index contributed by atoms with van der Waals surface area (Å²) in [4.78, 5) is 4.33. The van der Waals surface area contributed by atoms with Gasteiger partial charge < -0.3 is 19.7 Å². The molecule has 0 fully saturated rings. The van der Waals surface area contributed by atoms with Gasteiger partial charge in [0.2, 0.25) is 5.75 Å². The van der Waals surface area contributed by atoms with Gasteiger partial charge in [0, 0.05) is 22.6 Å². The van der Waals surface area contributed by atoms with Crippen molar-refractivity contribution in [1.29, 1.82) is 0 Å². The van der Waals surface area contributed by atoms with Crippen LogP contribution in [0.2, 0.25) is 0 Å². The summed E-state index contributed by atoms with van der Waals surface area (Å²) in [5, 5.41) is 30.7. The number of benzene rings is 3. The maximum Gasteiger partial charge on any atom is 0.200 e. The molecule has 4 rings (SSSR count). The van der Waals surface area contributed by atoms with Gasteiger partial charge in [-0.3, -0.25) is 4.99 Å². The summed E-state index contributed by atoms with van der Waals surface area (Å²) in [6.45, 7) is 0. The molecule has 3 N–H and O–H groups in total. The Labute approximate surface area is 136 Å². The van der Waals surface area contributed by atoms with E-state index in [0.717, 1.165) is 21.9 Å². The molecule has 0 aliphatic rings. The molecule has 118 valence electrons. The predicted molar refractivity (Wildman–Crippen MR) is 92.4 cm³/mol. The maximum atomic E-state index is 9.82. The monoisotopic (exact) mass is 319 g/mol. The number of hydrogen-bond acceptors (Lipinski definition) is 5. The standard InChI is InChI=1S/C19H13NO4/c21-15-7-5-11(18(22)19(15)23)10-20-12-6-8-17-14(9-12)13-3-1-2-4-16(13)24-17/h1-10,21-23H. The Morgan fingerprint density at radius 3 is 2.46 bits per heavy atom. The number of nitrogens with zero attached hydrogens (tertiary/aromatic N) is 1. The SMILES string of the molecule is Oc1ccc(C=Nc2ccc3oc4ccccc4c3c2)c(O)c1O. The highest BCUT2D eigenvalue weighted by Gasteiger charge is 2.10. The number of fused-ring (bicyclic) bond motifs is 3. The van der Waals surface area contributed by atoms with Crippen molar-refractivity contribution in [3.05, 3.63) is 60.2 Å². The van der Waals surface area contributed by atoms with Crippen LogP contribution in [0, 0.1) is 0 Å². The van der Waals surface area contributed by atoms with E-state index in [0.29, 0.717) is 11.3 Å². The second-order valence-electron chi connectivity index (χ2n) is 5.41. The third-order valence-corrected chi connectivity index (χ3v) is 3.87. The molecule has 0 aliphatic heterocycles. The van der Waals surface area contributed by atoms with Crippen LogP contribution in [-0.2, 0) is 0 Å². The number of hydrogen-bond donors (Lipinski definition) is 3. The zero-order chi connectivity index (χ0) is 16.7. The molecule has 0 aliphatic carbocycles. The first-order valence-electron chi connectivity index (χ1n) is 7.33. The molecule has 0 atom stereocenters. The largest absolute Gasteiger partial charge is 0.504 e. The number of aliphatic imine (C=N–C) groups is 1. The van der Waals surface area contributed by atoms with Gasteiger partial charge in [0.1, 0.15) is 11.2 Å². The molecule has 24 heavy (non-hydrogen) atoms. The minimum Gasteiger partial charge on any atom is -0.504 e. The fourth-order valence-corrected chi connectivity index (χ4v) is 2.63. The van der Waals surface area contributed by atoms with E-state index in [1.807, 2.05) is 36.4 Å². The molecule has 3 aromatic carbocycles. The van der Waals surface area contributed by atoms with Gasteiger partial charge in [0.05, 0.1) is 5.69 Å². The van der Waals surface area contributed by atoms with Crippen molar-refractivity contribution in [3.63, 3.8) is 0 Å². The van der Waals surface area contributed by atoms with Crippen molar-refractivity contribution in [2.75, 3.05) is 0 Å². The lowest BCUT2D eigenvalue weighted by atomic mass is 10.1. The maximum absolute atomic E-state index is 9.82. The van der Waals surface area contributed by atoms with Crippen LogP contribution < -0.4 is 0 Å². The average molecular weight is 319 g/mol. The number of phenols is 3. The van der Waals surface area contributed by atoms with Gasteiger partial charge in [-0.25, -0.2) is 0 Å². The van der Waals surface area contributed by atoms with E-state index >= 15 is 0 Å². The summed E-state index contributed by atoms with van der Waals surface area (Å²) in [5.41, 5.74) is 2.58. The summed E-state index contributed by atoms with van der Waals surface area (Å²) < 4.78 is 5.77. The molecule has 0 spiro atoms. The molecule has 0 amide bonds. The van der Waals surface area contributed by atoms with Gasteiger partial charge in [-0.1, -0.05) is 18.2 Å². The van der Waals surface area contributed by atoms with Gasteiger partial charge in [0.25, 0.3) is 0 Å². The lowest BCUT2D eigenvalue weighted by molar-refractivity contribution is 0.367. The molecule has 0 saturated carbocycles. The van der Waals surface area contributed by atoms with Crippen LogP contribution >= 0.6 is 0 Å². The molecule has 1 heterocycles. The Morgan fingerprint density at radius 2 is 1.58 bits per heavy atom. The molecular weight excluding hydrogens is 306 g/mol. The Morgan fingerprint density at radius 1 is 0.792 bits per heavy atom. The molecule has 0 radical (unpaired) electrons. The fourth-order valence-electron chi connectivity index (χ4n) is 2.63. The highest BCUT2D eigenvalue weighted by Crippen LogP contribution is 2.36. The third-order valence-electron chi connectivity index (χ3n) is 3.87.